The smallest absolute Gasteiger partial charge is 0.295 e. The zero-order chi connectivity index (χ0) is 14.7. The highest BCUT2D eigenvalue weighted by Gasteiger charge is 2.22. The van der Waals surface area contributed by atoms with Crippen LogP contribution in [0, 0.1) is 22.9 Å². The van der Waals surface area contributed by atoms with E-state index in [1.165, 1.54) is 6.07 Å². The second kappa shape index (κ2) is 6.17. The highest BCUT2D eigenvalue weighted by Crippen LogP contribution is 2.29. The van der Waals surface area contributed by atoms with Gasteiger partial charge in [-0.3, -0.25) is 10.1 Å². The van der Waals surface area contributed by atoms with Gasteiger partial charge in [0.1, 0.15) is 11.5 Å². The first-order valence-electron chi connectivity index (χ1n) is 6.94. The van der Waals surface area contributed by atoms with E-state index in [2.05, 4.69) is 17.1 Å². The Morgan fingerprint density at radius 1 is 1.45 bits per heavy atom. The summed E-state index contributed by atoms with van der Waals surface area (Å²) in [6.07, 6.45) is 1.89. The highest BCUT2D eigenvalue weighted by molar-refractivity contribution is 5.63. The summed E-state index contributed by atoms with van der Waals surface area (Å²) in [5.74, 6) is -0.539. The Morgan fingerprint density at radius 2 is 2.10 bits per heavy atom. The molecule has 1 aliphatic rings. The lowest BCUT2D eigenvalue weighted by molar-refractivity contribution is -0.384. The lowest BCUT2D eigenvalue weighted by Crippen LogP contribution is -2.38. The summed E-state index contributed by atoms with van der Waals surface area (Å²) in [4.78, 5) is 12.8. The maximum Gasteiger partial charge on any atom is 0.295 e. The number of nitro benzene ring substituents is 1. The lowest BCUT2D eigenvalue weighted by atomic mass is 10.0. The molecule has 5 nitrogen and oxygen atoms in total. The van der Waals surface area contributed by atoms with Crippen molar-refractivity contribution in [2.24, 2.45) is 0 Å². The first-order chi connectivity index (χ1) is 9.51. The van der Waals surface area contributed by atoms with Gasteiger partial charge in [-0.15, -0.1) is 0 Å². The molecule has 0 unspecified atom stereocenters. The molecular weight excluding hydrogens is 261 g/mol. The van der Waals surface area contributed by atoms with Gasteiger partial charge >= 0.3 is 0 Å². The molecule has 1 aliphatic heterocycles. The van der Waals surface area contributed by atoms with Crippen molar-refractivity contribution in [2.75, 3.05) is 25.0 Å². The Morgan fingerprint density at radius 3 is 2.65 bits per heavy atom. The molecule has 1 saturated heterocycles. The Balaban J connectivity index is 2.13. The SMILES string of the molecule is CCN1CCC(Nc2cc(C)c(F)cc2[N+](=O)[O-])CC1. The van der Waals surface area contributed by atoms with Crippen LogP contribution in [0.15, 0.2) is 12.1 Å². The standard InChI is InChI=1S/C14H20FN3O2/c1-3-17-6-4-11(5-7-17)16-13-8-10(2)12(15)9-14(13)18(19)20/h8-9,11,16H,3-7H2,1-2H3. The summed E-state index contributed by atoms with van der Waals surface area (Å²) >= 11 is 0. The van der Waals surface area contributed by atoms with Crippen LogP contribution >= 0.6 is 0 Å². The van der Waals surface area contributed by atoms with Crippen LogP contribution in [-0.4, -0.2) is 35.5 Å². The molecule has 1 heterocycles. The summed E-state index contributed by atoms with van der Waals surface area (Å²) in [7, 11) is 0. The van der Waals surface area contributed by atoms with E-state index in [0.717, 1.165) is 38.5 Å². The summed E-state index contributed by atoms with van der Waals surface area (Å²) in [5.41, 5.74) is 0.652. The van der Waals surface area contributed by atoms with Crippen LogP contribution in [0.1, 0.15) is 25.3 Å². The molecule has 0 bridgehead atoms. The molecule has 0 radical (unpaired) electrons. The van der Waals surface area contributed by atoms with Crippen molar-refractivity contribution in [3.8, 4) is 0 Å². The van der Waals surface area contributed by atoms with Gasteiger partial charge in [-0.2, -0.15) is 0 Å². The summed E-state index contributed by atoms with van der Waals surface area (Å²) in [5, 5.41) is 14.2. The average Bonchev–Trinajstić information content (AvgIpc) is 2.43. The number of nitrogens with one attached hydrogen (secondary N) is 1. The van der Waals surface area contributed by atoms with Gasteiger partial charge in [0.25, 0.3) is 5.69 Å². The van der Waals surface area contributed by atoms with E-state index in [0.29, 0.717) is 11.3 Å². The number of aryl methyl sites for hydroxylation is 1. The van der Waals surface area contributed by atoms with Gasteiger partial charge in [-0.1, -0.05) is 6.92 Å². The van der Waals surface area contributed by atoms with E-state index >= 15 is 0 Å². The number of hydrogen-bond acceptors (Lipinski definition) is 4. The first-order valence-corrected chi connectivity index (χ1v) is 6.94. The molecule has 0 saturated carbocycles. The number of piperidine rings is 1. The summed E-state index contributed by atoms with van der Waals surface area (Å²) < 4.78 is 13.5. The third-order valence-corrected chi connectivity index (χ3v) is 3.87. The number of rotatable bonds is 4. The maximum atomic E-state index is 13.5. The molecule has 0 amide bonds. The van der Waals surface area contributed by atoms with Crippen molar-refractivity contribution in [3.05, 3.63) is 33.6 Å². The molecule has 0 aromatic heterocycles. The molecule has 1 fully saturated rings. The van der Waals surface area contributed by atoms with Crippen LogP contribution in [0.4, 0.5) is 15.8 Å². The first kappa shape index (κ1) is 14.7. The van der Waals surface area contributed by atoms with Crippen LogP contribution in [0.25, 0.3) is 0 Å². The lowest BCUT2D eigenvalue weighted by Gasteiger charge is -2.31. The van der Waals surface area contributed by atoms with Crippen molar-refractivity contribution < 1.29 is 9.31 Å². The maximum absolute atomic E-state index is 13.5. The van der Waals surface area contributed by atoms with E-state index in [9.17, 15) is 14.5 Å². The minimum atomic E-state index is -0.539. The van der Waals surface area contributed by atoms with Crippen molar-refractivity contribution in [2.45, 2.75) is 32.7 Å². The molecule has 110 valence electrons. The molecular formula is C14H20FN3O2. The number of nitro groups is 1. The number of anilines is 1. The molecule has 20 heavy (non-hydrogen) atoms. The number of likely N-dealkylation sites (tertiary alicyclic amines) is 1. The highest BCUT2D eigenvalue weighted by atomic mass is 19.1. The molecule has 1 aromatic rings. The molecule has 1 N–H and O–H groups in total. The molecule has 6 heteroatoms. The minimum Gasteiger partial charge on any atom is -0.377 e. The van der Waals surface area contributed by atoms with Crippen molar-refractivity contribution >= 4 is 11.4 Å². The molecule has 0 spiro atoms. The van der Waals surface area contributed by atoms with Crippen molar-refractivity contribution in [1.29, 1.82) is 0 Å². The minimum absolute atomic E-state index is 0.189. The van der Waals surface area contributed by atoms with Crippen LogP contribution in [-0.2, 0) is 0 Å². The van der Waals surface area contributed by atoms with Crippen LogP contribution in [0.5, 0.6) is 0 Å². The van der Waals surface area contributed by atoms with Gasteiger partial charge in [-0.05, 0) is 37.9 Å². The topological polar surface area (TPSA) is 58.4 Å². The Labute approximate surface area is 117 Å². The second-order valence-corrected chi connectivity index (χ2v) is 5.23. The number of hydrogen-bond donors (Lipinski definition) is 1. The molecule has 1 aromatic carbocycles. The molecule has 0 aliphatic carbocycles. The van der Waals surface area contributed by atoms with Gasteiger partial charge in [0.2, 0.25) is 0 Å². The summed E-state index contributed by atoms with van der Waals surface area (Å²) in [6.45, 7) is 6.75. The van der Waals surface area contributed by atoms with Gasteiger partial charge in [0.15, 0.2) is 0 Å². The second-order valence-electron chi connectivity index (χ2n) is 5.23. The zero-order valence-electron chi connectivity index (χ0n) is 11.9. The van der Waals surface area contributed by atoms with Crippen LogP contribution < -0.4 is 5.32 Å². The summed E-state index contributed by atoms with van der Waals surface area (Å²) in [6, 6.07) is 2.74. The quantitative estimate of drug-likeness (QED) is 0.681. The number of halogens is 1. The van der Waals surface area contributed by atoms with Crippen LogP contribution in [0.2, 0.25) is 0 Å². The Kier molecular flexibility index (Phi) is 4.54. The van der Waals surface area contributed by atoms with Gasteiger partial charge in [-0.25, -0.2) is 4.39 Å². The van der Waals surface area contributed by atoms with E-state index < -0.39 is 10.7 Å². The predicted octanol–water partition coefficient (Wildman–Crippen LogP) is 2.94. The van der Waals surface area contributed by atoms with Crippen molar-refractivity contribution in [1.82, 2.24) is 4.90 Å². The van der Waals surface area contributed by atoms with Crippen LogP contribution in [0.3, 0.4) is 0 Å². The molecule has 2 rings (SSSR count). The monoisotopic (exact) mass is 281 g/mol. The van der Waals surface area contributed by atoms with E-state index in [4.69, 9.17) is 0 Å². The molecule has 0 atom stereocenters. The zero-order valence-corrected chi connectivity index (χ0v) is 11.9. The normalized spacial score (nSPS) is 17.1. The third-order valence-electron chi connectivity index (χ3n) is 3.87. The van der Waals surface area contributed by atoms with Gasteiger partial charge < -0.3 is 10.2 Å². The van der Waals surface area contributed by atoms with Gasteiger partial charge in [0.05, 0.1) is 11.0 Å². The predicted molar refractivity (Wildman–Crippen MR) is 76.6 cm³/mol. The number of nitrogens with zero attached hydrogens (tertiary/aromatic N) is 2. The fourth-order valence-corrected chi connectivity index (χ4v) is 2.55. The number of benzene rings is 1. The Bertz CT molecular complexity index is 499. The Hall–Kier alpha value is -1.69. The van der Waals surface area contributed by atoms with E-state index in [1.54, 1.807) is 6.92 Å². The van der Waals surface area contributed by atoms with Crippen molar-refractivity contribution in [3.63, 3.8) is 0 Å². The largest absolute Gasteiger partial charge is 0.377 e. The average molecular weight is 281 g/mol. The third kappa shape index (κ3) is 3.25. The fourth-order valence-electron chi connectivity index (χ4n) is 2.55. The van der Waals surface area contributed by atoms with Gasteiger partial charge in [0, 0.05) is 19.1 Å². The van der Waals surface area contributed by atoms with E-state index in [-0.39, 0.29) is 11.7 Å². The fraction of sp³-hybridized carbons (Fsp3) is 0.571. The van der Waals surface area contributed by atoms with E-state index in [1.807, 2.05) is 0 Å².